The maximum atomic E-state index is 12.2. The first-order valence-corrected chi connectivity index (χ1v) is 7.91. The molecule has 3 atom stereocenters. The summed E-state index contributed by atoms with van der Waals surface area (Å²) in [6.45, 7) is 5.27. The van der Waals surface area contributed by atoms with E-state index in [1.807, 2.05) is 0 Å². The zero-order valence-electron chi connectivity index (χ0n) is 13.2. The molecule has 120 valence electrons. The van der Waals surface area contributed by atoms with Gasteiger partial charge in [0.05, 0.1) is 19.2 Å². The normalized spacial score (nSPS) is 30.1. The van der Waals surface area contributed by atoms with Crippen LogP contribution in [-0.2, 0) is 11.2 Å². The molecule has 0 saturated carbocycles. The molecule has 1 aliphatic heterocycles. The van der Waals surface area contributed by atoms with Crippen molar-refractivity contribution in [1.82, 2.24) is 10.6 Å². The first kappa shape index (κ1) is 15.3. The number of carbonyl (C=O) groups is 1. The van der Waals surface area contributed by atoms with E-state index in [1.165, 1.54) is 16.7 Å². The molecule has 1 aliphatic carbocycles. The zero-order chi connectivity index (χ0) is 15.7. The van der Waals surface area contributed by atoms with Gasteiger partial charge in [-0.05, 0) is 30.4 Å². The van der Waals surface area contributed by atoms with Crippen LogP contribution in [0, 0.1) is 12.8 Å². The van der Waals surface area contributed by atoms with Crippen LogP contribution in [0.2, 0.25) is 0 Å². The Hall–Kier alpha value is -1.59. The maximum Gasteiger partial charge on any atom is 0.315 e. The molecule has 0 unspecified atom stereocenters. The van der Waals surface area contributed by atoms with Gasteiger partial charge in [0.25, 0.3) is 0 Å². The number of hydrogen-bond acceptors (Lipinski definition) is 3. The third-order valence-electron chi connectivity index (χ3n) is 4.69. The van der Waals surface area contributed by atoms with Crippen LogP contribution in [0.25, 0.3) is 0 Å². The largest absolute Gasteiger partial charge is 0.386 e. The molecular weight excluding hydrogens is 280 g/mol. The van der Waals surface area contributed by atoms with Gasteiger partial charge in [0.15, 0.2) is 0 Å². The van der Waals surface area contributed by atoms with E-state index >= 15 is 0 Å². The second-order valence-corrected chi connectivity index (χ2v) is 6.72. The number of benzene rings is 1. The number of aryl methyl sites for hydroxylation is 1. The molecule has 0 bridgehead atoms. The second kappa shape index (κ2) is 5.89. The summed E-state index contributed by atoms with van der Waals surface area (Å²) in [5.74, 6) is 0.375. The predicted molar refractivity (Wildman–Crippen MR) is 83.7 cm³/mol. The fourth-order valence-corrected chi connectivity index (χ4v) is 3.35. The van der Waals surface area contributed by atoms with E-state index in [0.29, 0.717) is 18.9 Å². The summed E-state index contributed by atoms with van der Waals surface area (Å²) in [5.41, 5.74) is 2.81. The van der Waals surface area contributed by atoms with Crippen LogP contribution in [-0.4, -0.2) is 36.5 Å². The third kappa shape index (κ3) is 3.10. The van der Waals surface area contributed by atoms with E-state index < -0.39 is 5.60 Å². The first-order valence-electron chi connectivity index (χ1n) is 7.91. The smallest absolute Gasteiger partial charge is 0.315 e. The summed E-state index contributed by atoms with van der Waals surface area (Å²) < 4.78 is 5.18. The molecule has 2 aliphatic rings. The molecule has 1 saturated heterocycles. The highest BCUT2D eigenvalue weighted by Crippen LogP contribution is 2.36. The Morgan fingerprint density at radius 2 is 2.32 bits per heavy atom. The number of nitrogens with one attached hydrogen (secondary N) is 2. The number of urea groups is 1. The van der Waals surface area contributed by atoms with Crippen LogP contribution >= 0.6 is 0 Å². The van der Waals surface area contributed by atoms with Crippen molar-refractivity contribution in [2.24, 2.45) is 5.92 Å². The monoisotopic (exact) mass is 304 g/mol. The second-order valence-electron chi connectivity index (χ2n) is 6.72. The van der Waals surface area contributed by atoms with Crippen molar-refractivity contribution in [2.45, 2.75) is 38.3 Å². The molecular formula is C17H24N2O3. The molecule has 3 rings (SSSR count). The highest BCUT2D eigenvalue weighted by Gasteiger charge is 2.34. The standard InChI is InChI=1S/C17H24N2O3/c1-11-3-4-13-8-12(2)15(14(13)7-11)19-16(20)18-9-17(21)5-6-22-10-17/h3-4,7,12,15,21H,5-6,8-10H2,1-2H3,(H2,18,19,20)/t12-,15-,17+/m1/s1. The lowest BCUT2D eigenvalue weighted by molar-refractivity contribution is 0.0290. The maximum absolute atomic E-state index is 12.2. The van der Waals surface area contributed by atoms with Gasteiger partial charge in [-0.1, -0.05) is 30.7 Å². The molecule has 2 amide bonds. The minimum absolute atomic E-state index is 0.0318. The van der Waals surface area contributed by atoms with Gasteiger partial charge in [0.2, 0.25) is 0 Å². The van der Waals surface area contributed by atoms with Crippen molar-refractivity contribution >= 4 is 6.03 Å². The van der Waals surface area contributed by atoms with Crippen LogP contribution in [0.3, 0.4) is 0 Å². The molecule has 1 aromatic rings. The van der Waals surface area contributed by atoms with E-state index in [0.717, 1.165) is 6.42 Å². The molecule has 1 fully saturated rings. The lowest BCUT2D eigenvalue weighted by Gasteiger charge is -2.23. The zero-order valence-corrected chi connectivity index (χ0v) is 13.2. The molecule has 0 spiro atoms. The van der Waals surface area contributed by atoms with E-state index in [2.05, 4.69) is 42.7 Å². The molecule has 5 nitrogen and oxygen atoms in total. The van der Waals surface area contributed by atoms with Gasteiger partial charge in [-0.15, -0.1) is 0 Å². The summed E-state index contributed by atoms with van der Waals surface area (Å²) in [4.78, 5) is 12.2. The average molecular weight is 304 g/mol. The molecule has 22 heavy (non-hydrogen) atoms. The molecule has 0 radical (unpaired) electrons. The number of fused-ring (bicyclic) bond motifs is 1. The molecule has 0 aromatic heterocycles. The fraction of sp³-hybridized carbons (Fsp3) is 0.588. The van der Waals surface area contributed by atoms with Gasteiger partial charge in [0.1, 0.15) is 5.60 Å². The van der Waals surface area contributed by atoms with Gasteiger partial charge < -0.3 is 20.5 Å². The quantitative estimate of drug-likeness (QED) is 0.795. The third-order valence-corrected chi connectivity index (χ3v) is 4.69. The van der Waals surface area contributed by atoms with Gasteiger partial charge in [-0.2, -0.15) is 0 Å². The van der Waals surface area contributed by atoms with Crippen molar-refractivity contribution in [3.05, 3.63) is 34.9 Å². The Labute approximate surface area is 131 Å². The summed E-state index contributed by atoms with van der Waals surface area (Å²) in [6.07, 6.45) is 1.55. The summed E-state index contributed by atoms with van der Waals surface area (Å²) in [6, 6.07) is 6.22. The fourth-order valence-electron chi connectivity index (χ4n) is 3.35. The number of rotatable bonds is 3. The van der Waals surface area contributed by atoms with Gasteiger partial charge in [0, 0.05) is 13.0 Å². The van der Waals surface area contributed by atoms with Crippen molar-refractivity contribution in [3.63, 3.8) is 0 Å². The summed E-state index contributed by atoms with van der Waals surface area (Å²) >= 11 is 0. The number of hydrogen-bond donors (Lipinski definition) is 3. The topological polar surface area (TPSA) is 70.6 Å². The Morgan fingerprint density at radius 3 is 3.05 bits per heavy atom. The van der Waals surface area contributed by atoms with E-state index in [1.54, 1.807) is 0 Å². The first-order chi connectivity index (χ1) is 10.5. The highest BCUT2D eigenvalue weighted by molar-refractivity contribution is 5.74. The lowest BCUT2D eigenvalue weighted by atomic mass is 10.0. The Balaban J connectivity index is 1.61. The molecule has 1 aromatic carbocycles. The predicted octanol–water partition coefficient (Wildman–Crippen LogP) is 1.68. The van der Waals surface area contributed by atoms with Crippen LogP contribution in [0.1, 0.15) is 36.1 Å². The van der Waals surface area contributed by atoms with E-state index in [9.17, 15) is 9.90 Å². The Bertz CT molecular complexity index is 567. The van der Waals surface area contributed by atoms with E-state index in [-0.39, 0.29) is 25.2 Å². The number of amides is 2. The summed E-state index contributed by atoms with van der Waals surface area (Å²) in [7, 11) is 0. The Kier molecular flexibility index (Phi) is 4.10. The van der Waals surface area contributed by atoms with Crippen LogP contribution in [0.15, 0.2) is 18.2 Å². The number of carbonyl (C=O) groups excluding carboxylic acids is 1. The van der Waals surface area contributed by atoms with Gasteiger partial charge >= 0.3 is 6.03 Å². The van der Waals surface area contributed by atoms with Crippen LogP contribution in [0.5, 0.6) is 0 Å². The average Bonchev–Trinajstić information content (AvgIpc) is 3.03. The highest BCUT2D eigenvalue weighted by atomic mass is 16.5. The molecule has 5 heteroatoms. The summed E-state index contributed by atoms with van der Waals surface area (Å²) in [5, 5.41) is 16.0. The minimum atomic E-state index is -0.923. The Morgan fingerprint density at radius 1 is 1.50 bits per heavy atom. The van der Waals surface area contributed by atoms with Crippen LogP contribution in [0.4, 0.5) is 4.79 Å². The number of ether oxygens (including phenoxy) is 1. The van der Waals surface area contributed by atoms with Gasteiger partial charge in [-0.3, -0.25) is 0 Å². The van der Waals surface area contributed by atoms with E-state index in [4.69, 9.17) is 4.74 Å². The molecule has 1 heterocycles. The van der Waals surface area contributed by atoms with Gasteiger partial charge in [-0.25, -0.2) is 4.79 Å². The van der Waals surface area contributed by atoms with Crippen molar-refractivity contribution in [3.8, 4) is 0 Å². The van der Waals surface area contributed by atoms with Crippen molar-refractivity contribution in [2.75, 3.05) is 19.8 Å². The van der Waals surface area contributed by atoms with Crippen molar-refractivity contribution in [1.29, 1.82) is 0 Å². The number of aliphatic hydroxyl groups is 1. The van der Waals surface area contributed by atoms with Crippen molar-refractivity contribution < 1.29 is 14.6 Å². The lowest BCUT2D eigenvalue weighted by Crippen LogP contribution is -2.47. The van der Waals surface area contributed by atoms with Crippen LogP contribution < -0.4 is 10.6 Å². The SMILES string of the molecule is Cc1ccc2c(c1)[C@H](NC(=O)NC[C@@]1(O)CCOC1)[C@H](C)C2. The minimum Gasteiger partial charge on any atom is -0.386 e. The molecule has 3 N–H and O–H groups in total.